The number of fused-ring (bicyclic) bond motifs is 2. The Labute approximate surface area is 191 Å². The molecule has 5 N–H and O–H groups in total. The number of benzene rings is 1. The number of rotatable bonds is 5. The minimum Gasteiger partial charge on any atom is -0.376 e. The molecule has 166 valence electrons. The van der Waals surface area contributed by atoms with Gasteiger partial charge in [0, 0.05) is 30.2 Å². The van der Waals surface area contributed by atoms with Crippen LogP contribution in [0.5, 0.6) is 0 Å². The quantitative estimate of drug-likeness (QED) is 0.425. The molecule has 2 aliphatic heterocycles. The van der Waals surface area contributed by atoms with Crippen molar-refractivity contribution in [2.24, 2.45) is 23.5 Å². The van der Waals surface area contributed by atoms with Crippen LogP contribution >= 0.6 is 12.2 Å². The summed E-state index contributed by atoms with van der Waals surface area (Å²) in [4.78, 5) is 4.47. The molecule has 0 spiro atoms. The topological polar surface area (TPSA) is 75.0 Å². The molecule has 5 nitrogen and oxygen atoms in total. The molecular formula is C25H35N5S. The van der Waals surface area contributed by atoms with E-state index in [2.05, 4.69) is 76.1 Å². The van der Waals surface area contributed by atoms with E-state index in [-0.39, 0.29) is 0 Å². The second-order valence-electron chi connectivity index (χ2n) is 9.05. The number of para-hydroxylation sites is 1. The average molecular weight is 438 g/mol. The van der Waals surface area contributed by atoms with Crippen molar-refractivity contribution >= 4 is 28.2 Å². The third-order valence-corrected chi connectivity index (χ3v) is 7.17. The number of nitrogens with one attached hydrogen (secondary N) is 3. The molecule has 6 heteroatoms. The van der Waals surface area contributed by atoms with Crippen molar-refractivity contribution in [2.45, 2.75) is 44.2 Å². The smallest absolute Gasteiger partial charge is 0.163 e. The molecule has 3 heterocycles. The molecule has 5 atom stereocenters. The van der Waals surface area contributed by atoms with Crippen LogP contribution in [0.2, 0.25) is 0 Å². The largest absolute Gasteiger partial charge is 0.376 e. The molecule has 5 unspecified atom stereocenters. The fourth-order valence-electron chi connectivity index (χ4n) is 5.34. The number of pyridine rings is 1. The van der Waals surface area contributed by atoms with E-state index in [1.165, 1.54) is 36.6 Å². The van der Waals surface area contributed by atoms with Crippen LogP contribution in [0.25, 0.3) is 10.9 Å². The molecular weight excluding hydrogens is 402 g/mol. The summed E-state index contributed by atoms with van der Waals surface area (Å²) in [5.41, 5.74) is 7.79. The van der Waals surface area contributed by atoms with E-state index in [4.69, 9.17) is 5.73 Å². The van der Waals surface area contributed by atoms with Gasteiger partial charge in [-0.3, -0.25) is 4.98 Å². The van der Waals surface area contributed by atoms with Gasteiger partial charge < -0.3 is 21.7 Å². The zero-order valence-electron chi connectivity index (χ0n) is 18.2. The Balaban J connectivity index is 0.000000196. The minimum atomic E-state index is 0.397. The number of nitrogens with zero attached hydrogens (tertiary/aromatic N) is 1. The Morgan fingerprint density at radius 3 is 2.77 bits per heavy atom. The van der Waals surface area contributed by atoms with E-state index in [9.17, 15) is 0 Å². The maximum atomic E-state index is 5.26. The molecule has 2 saturated heterocycles. The van der Waals surface area contributed by atoms with Gasteiger partial charge in [0.25, 0.3) is 0 Å². The van der Waals surface area contributed by atoms with Crippen LogP contribution in [0.1, 0.15) is 31.2 Å². The van der Waals surface area contributed by atoms with Gasteiger partial charge in [0.1, 0.15) is 0 Å². The molecule has 5 rings (SSSR count). The van der Waals surface area contributed by atoms with E-state index in [1.807, 2.05) is 6.20 Å². The first-order valence-corrected chi connectivity index (χ1v) is 12.0. The van der Waals surface area contributed by atoms with Gasteiger partial charge in [-0.1, -0.05) is 24.3 Å². The van der Waals surface area contributed by atoms with Gasteiger partial charge in [0.2, 0.25) is 0 Å². The molecule has 2 aromatic rings. The lowest BCUT2D eigenvalue weighted by Crippen LogP contribution is -2.39. The standard InChI is InChI=1S/C19H22N2.C6H13N3S/c1-2-15-17-8-10-20-14(12-18(15)17)11-13-7-9-21-19-6-4-3-5-16(13)19;7-6(10)9-4-5-2-1-3-8-5/h2-7,9,14-15,17-18,20H,1,8,10-12H2;5,8H,1-4H2,(H3,7,9,10). The van der Waals surface area contributed by atoms with Gasteiger partial charge in [-0.25, -0.2) is 0 Å². The number of nitrogens with two attached hydrogens (primary N) is 1. The highest BCUT2D eigenvalue weighted by atomic mass is 32.1. The van der Waals surface area contributed by atoms with Crippen LogP contribution in [0.4, 0.5) is 0 Å². The van der Waals surface area contributed by atoms with Crippen molar-refractivity contribution in [3.05, 3.63) is 54.7 Å². The fraction of sp³-hybridized carbons (Fsp3) is 0.520. The first-order valence-electron chi connectivity index (χ1n) is 11.6. The third-order valence-electron chi connectivity index (χ3n) is 7.03. The van der Waals surface area contributed by atoms with Crippen molar-refractivity contribution in [3.8, 4) is 0 Å². The van der Waals surface area contributed by atoms with E-state index in [1.54, 1.807) is 0 Å². The summed E-state index contributed by atoms with van der Waals surface area (Å²) in [5.74, 6) is 2.55. The molecule has 3 aliphatic rings. The Morgan fingerprint density at radius 1 is 1.16 bits per heavy atom. The Kier molecular flexibility index (Phi) is 7.54. The molecule has 3 fully saturated rings. The van der Waals surface area contributed by atoms with Gasteiger partial charge >= 0.3 is 0 Å². The van der Waals surface area contributed by atoms with Crippen LogP contribution in [0.15, 0.2) is 49.2 Å². The number of allylic oxidation sites excluding steroid dienone is 1. The van der Waals surface area contributed by atoms with E-state index in [0.29, 0.717) is 17.2 Å². The van der Waals surface area contributed by atoms with E-state index in [0.717, 1.165) is 49.3 Å². The molecule has 1 saturated carbocycles. The Bertz CT molecular complexity index is 889. The summed E-state index contributed by atoms with van der Waals surface area (Å²) in [6, 6.07) is 11.8. The molecule has 0 radical (unpaired) electrons. The second kappa shape index (κ2) is 10.5. The maximum Gasteiger partial charge on any atom is 0.163 e. The molecule has 1 aromatic heterocycles. The number of hydrogen-bond acceptors (Lipinski definition) is 4. The first-order chi connectivity index (χ1) is 15.2. The molecule has 1 aromatic carbocycles. The fourth-order valence-corrected chi connectivity index (χ4v) is 5.42. The summed E-state index contributed by atoms with van der Waals surface area (Å²) in [6.45, 7) is 7.15. The predicted octanol–water partition coefficient (Wildman–Crippen LogP) is 3.15. The lowest BCUT2D eigenvalue weighted by molar-refractivity contribution is 0.470. The van der Waals surface area contributed by atoms with E-state index < -0.39 is 0 Å². The van der Waals surface area contributed by atoms with Gasteiger partial charge in [-0.2, -0.15) is 0 Å². The SMILES string of the molecule is C=CC1C2CCNC(Cc3ccnc4ccccc34)CC12.NC(=S)NCC1CCCN1. The lowest BCUT2D eigenvalue weighted by atomic mass is 9.98. The van der Waals surface area contributed by atoms with Crippen LogP contribution < -0.4 is 21.7 Å². The minimum absolute atomic E-state index is 0.397. The molecule has 31 heavy (non-hydrogen) atoms. The number of hydrogen-bond donors (Lipinski definition) is 4. The molecule has 0 amide bonds. The van der Waals surface area contributed by atoms with Crippen molar-refractivity contribution in [3.63, 3.8) is 0 Å². The third kappa shape index (κ3) is 5.82. The molecule has 0 bridgehead atoms. The normalized spacial score (nSPS) is 29.2. The first kappa shape index (κ1) is 22.2. The summed E-state index contributed by atoms with van der Waals surface area (Å²) < 4.78 is 0. The van der Waals surface area contributed by atoms with Gasteiger partial charge in [-0.05, 0) is 92.9 Å². The van der Waals surface area contributed by atoms with Crippen molar-refractivity contribution in [2.75, 3.05) is 19.6 Å². The summed E-state index contributed by atoms with van der Waals surface area (Å²) in [5, 5.41) is 11.7. The van der Waals surface area contributed by atoms with Gasteiger partial charge in [0.05, 0.1) is 5.52 Å². The monoisotopic (exact) mass is 437 g/mol. The van der Waals surface area contributed by atoms with Crippen LogP contribution in [-0.2, 0) is 6.42 Å². The van der Waals surface area contributed by atoms with Gasteiger partial charge in [-0.15, -0.1) is 6.58 Å². The summed E-state index contributed by atoms with van der Waals surface area (Å²) >= 11 is 4.67. The highest BCUT2D eigenvalue weighted by Crippen LogP contribution is 2.53. The number of aromatic nitrogens is 1. The number of thiocarbonyl (C=S) groups is 1. The predicted molar refractivity (Wildman–Crippen MR) is 133 cm³/mol. The van der Waals surface area contributed by atoms with Crippen LogP contribution in [0.3, 0.4) is 0 Å². The lowest BCUT2D eigenvalue weighted by Gasteiger charge is -2.18. The van der Waals surface area contributed by atoms with Gasteiger partial charge in [0.15, 0.2) is 5.11 Å². The Hall–Kier alpha value is -2.02. The van der Waals surface area contributed by atoms with Crippen molar-refractivity contribution in [1.29, 1.82) is 0 Å². The van der Waals surface area contributed by atoms with Crippen LogP contribution in [0, 0.1) is 17.8 Å². The summed E-state index contributed by atoms with van der Waals surface area (Å²) in [6.07, 6.45) is 10.3. The second-order valence-corrected chi connectivity index (χ2v) is 9.49. The van der Waals surface area contributed by atoms with Crippen molar-refractivity contribution < 1.29 is 0 Å². The van der Waals surface area contributed by atoms with Crippen molar-refractivity contribution in [1.82, 2.24) is 20.9 Å². The zero-order valence-corrected chi connectivity index (χ0v) is 19.0. The highest BCUT2D eigenvalue weighted by Gasteiger charge is 2.49. The highest BCUT2D eigenvalue weighted by molar-refractivity contribution is 7.80. The summed E-state index contributed by atoms with van der Waals surface area (Å²) in [7, 11) is 0. The van der Waals surface area contributed by atoms with E-state index >= 15 is 0 Å². The zero-order chi connectivity index (χ0) is 21.6. The molecule has 1 aliphatic carbocycles. The maximum absolute atomic E-state index is 5.26. The Morgan fingerprint density at radius 2 is 2.00 bits per heavy atom. The van der Waals surface area contributed by atoms with Crippen LogP contribution in [-0.4, -0.2) is 41.8 Å². The average Bonchev–Trinajstić information content (AvgIpc) is 3.23.